The molecule has 1 heterocycles. The van der Waals surface area contributed by atoms with Gasteiger partial charge in [-0.05, 0) is 12.3 Å². The summed E-state index contributed by atoms with van der Waals surface area (Å²) >= 11 is 0. The summed E-state index contributed by atoms with van der Waals surface area (Å²) < 4.78 is 0. The van der Waals surface area contributed by atoms with Gasteiger partial charge in [0.2, 0.25) is 11.8 Å². The molecule has 0 aliphatic rings. The SMILES string of the molecule is CCCNc1ncc([N+](=O)[O-])c(NCC(C)CC)n1. The summed E-state index contributed by atoms with van der Waals surface area (Å²) in [6.07, 6.45) is 3.19. The van der Waals surface area contributed by atoms with Crippen molar-refractivity contribution in [3.05, 3.63) is 16.3 Å². The van der Waals surface area contributed by atoms with Crippen LogP contribution >= 0.6 is 0 Å². The molecule has 0 spiro atoms. The first kappa shape index (κ1) is 15.1. The second kappa shape index (κ2) is 7.50. The van der Waals surface area contributed by atoms with Gasteiger partial charge >= 0.3 is 5.69 Å². The molecule has 1 rings (SSSR count). The summed E-state index contributed by atoms with van der Waals surface area (Å²) in [5.74, 6) is 1.12. The number of nitrogens with one attached hydrogen (secondary N) is 2. The van der Waals surface area contributed by atoms with Crippen molar-refractivity contribution in [1.29, 1.82) is 0 Å². The van der Waals surface area contributed by atoms with Crippen molar-refractivity contribution in [2.45, 2.75) is 33.6 Å². The van der Waals surface area contributed by atoms with Crippen molar-refractivity contribution in [2.75, 3.05) is 23.7 Å². The fourth-order valence-electron chi connectivity index (χ4n) is 1.38. The predicted molar refractivity (Wildman–Crippen MR) is 75.4 cm³/mol. The van der Waals surface area contributed by atoms with Crippen molar-refractivity contribution in [2.24, 2.45) is 5.92 Å². The first-order valence-electron chi connectivity index (χ1n) is 6.57. The molecule has 0 aromatic carbocycles. The van der Waals surface area contributed by atoms with Crippen LogP contribution in [0.3, 0.4) is 0 Å². The molecule has 1 aromatic rings. The maximum absolute atomic E-state index is 10.9. The Balaban J connectivity index is 2.85. The standard InChI is InChI=1S/C12H21N5O2/c1-4-6-13-12-15-8-10(17(18)19)11(16-12)14-7-9(3)5-2/h8-9H,4-7H2,1-3H3,(H2,13,14,15,16). The Hall–Kier alpha value is -1.92. The molecule has 1 atom stereocenters. The van der Waals surface area contributed by atoms with E-state index in [9.17, 15) is 10.1 Å². The quantitative estimate of drug-likeness (QED) is 0.555. The van der Waals surface area contributed by atoms with Gasteiger partial charge in [0.1, 0.15) is 6.20 Å². The number of nitro groups is 1. The van der Waals surface area contributed by atoms with Crippen LogP contribution in [0.2, 0.25) is 0 Å². The number of aromatic nitrogens is 2. The van der Waals surface area contributed by atoms with Crippen LogP contribution < -0.4 is 10.6 Å². The van der Waals surface area contributed by atoms with Crippen LogP contribution in [-0.4, -0.2) is 28.0 Å². The molecule has 0 fully saturated rings. The highest BCUT2D eigenvalue weighted by atomic mass is 16.6. The second-order valence-corrected chi connectivity index (χ2v) is 4.51. The van der Waals surface area contributed by atoms with E-state index in [1.165, 1.54) is 6.20 Å². The van der Waals surface area contributed by atoms with Gasteiger partial charge in [-0.3, -0.25) is 10.1 Å². The van der Waals surface area contributed by atoms with E-state index in [0.717, 1.165) is 19.4 Å². The predicted octanol–water partition coefficient (Wildman–Crippen LogP) is 2.66. The van der Waals surface area contributed by atoms with Gasteiger partial charge in [0, 0.05) is 13.1 Å². The average Bonchev–Trinajstić information content (AvgIpc) is 2.42. The molecule has 7 nitrogen and oxygen atoms in total. The lowest BCUT2D eigenvalue weighted by Gasteiger charge is -2.11. The van der Waals surface area contributed by atoms with E-state index in [-0.39, 0.29) is 11.5 Å². The molecule has 2 N–H and O–H groups in total. The van der Waals surface area contributed by atoms with Crippen LogP contribution in [0.25, 0.3) is 0 Å². The molecule has 106 valence electrons. The van der Waals surface area contributed by atoms with E-state index in [4.69, 9.17) is 0 Å². The Morgan fingerprint density at radius 3 is 2.74 bits per heavy atom. The molecular formula is C12H21N5O2. The van der Waals surface area contributed by atoms with Crippen LogP contribution in [0.15, 0.2) is 6.20 Å². The maximum atomic E-state index is 10.9. The molecule has 0 radical (unpaired) electrons. The highest BCUT2D eigenvalue weighted by Gasteiger charge is 2.17. The zero-order chi connectivity index (χ0) is 14.3. The third-order valence-corrected chi connectivity index (χ3v) is 2.81. The third-order valence-electron chi connectivity index (χ3n) is 2.81. The highest BCUT2D eigenvalue weighted by molar-refractivity contribution is 5.56. The van der Waals surface area contributed by atoms with E-state index in [1.54, 1.807) is 0 Å². The third kappa shape index (κ3) is 4.69. The van der Waals surface area contributed by atoms with Crippen LogP contribution in [0, 0.1) is 16.0 Å². The van der Waals surface area contributed by atoms with Gasteiger partial charge in [-0.1, -0.05) is 27.2 Å². The summed E-state index contributed by atoms with van der Waals surface area (Å²) in [5.41, 5.74) is -0.0923. The van der Waals surface area contributed by atoms with E-state index in [1.807, 2.05) is 6.92 Å². The first-order chi connectivity index (χ1) is 9.08. The average molecular weight is 267 g/mol. The lowest BCUT2D eigenvalue weighted by atomic mass is 10.1. The molecule has 0 aliphatic heterocycles. The number of hydrogen-bond donors (Lipinski definition) is 2. The highest BCUT2D eigenvalue weighted by Crippen LogP contribution is 2.22. The number of hydrogen-bond acceptors (Lipinski definition) is 6. The minimum Gasteiger partial charge on any atom is -0.364 e. The molecule has 7 heteroatoms. The van der Waals surface area contributed by atoms with Crippen molar-refractivity contribution >= 4 is 17.5 Å². The van der Waals surface area contributed by atoms with Crippen molar-refractivity contribution < 1.29 is 4.92 Å². The normalized spacial score (nSPS) is 11.9. The van der Waals surface area contributed by atoms with E-state index < -0.39 is 4.92 Å². The van der Waals surface area contributed by atoms with Crippen LogP contribution in [0.5, 0.6) is 0 Å². The molecule has 1 unspecified atom stereocenters. The van der Waals surface area contributed by atoms with Gasteiger partial charge in [0.15, 0.2) is 0 Å². The fourth-order valence-corrected chi connectivity index (χ4v) is 1.38. The minimum atomic E-state index is -0.470. The van der Waals surface area contributed by atoms with E-state index in [2.05, 4.69) is 34.4 Å². The van der Waals surface area contributed by atoms with Crippen molar-refractivity contribution in [3.63, 3.8) is 0 Å². The van der Waals surface area contributed by atoms with Gasteiger partial charge in [0.05, 0.1) is 4.92 Å². The number of rotatable bonds is 8. The summed E-state index contributed by atoms with van der Waals surface area (Å²) in [6.45, 7) is 7.58. The van der Waals surface area contributed by atoms with Gasteiger partial charge in [-0.2, -0.15) is 4.98 Å². The zero-order valence-electron chi connectivity index (χ0n) is 11.6. The molecule has 0 saturated heterocycles. The molecule has 19 heavy (non-hydrogen) atoms. The van der Waals surface area contributed by atoms with Gasteiger partial charge in [0.25, 0.3) is 0 Å². The Bertz CT molecular complexity index is 425. The van der Waals surface area contributed by atoms with E-state index in [0.29, 0.717) is 18.4 Å². The van der Waals surface area contributed by atoms with Crippen LogP contribution in [-0.2, 0) is 0 Å². The number of nitrogens with zero attached hydrogens (tertiary/aromatic N) is 3. The molecule has 0 saturated carbocycles. The monoisotopic (exact) mass is 267 g/mol. The maximum Gasteiger partial charge on any atom is 0.329 e. The van der Waals surface area contributed by atoms with Crippen molar-refractivity contribution in [1.82, 2.24) is 9.97 Å². The molecular weight excluding hydrogens is 246 g/mol. The largest absolute Gasteiger partial charge is 0.364 e. The van der Waals surface area contributed by atoms with Gasteiger partial charge < -0.3 is 10.6 Å². The topological polar surface area (TPSA) is 93.0 Å². The molecule has 0 aliphatic carbocycles. The van der Waals surface area contributed by atoms with E-state index >= 15 is 0 Å². The first-order valence-corrected chi connectivity index (χ1v) is 6.57. The lowest BCUT2D eigenvalue weighted by Crippen LogP contribution is -2.14. The van der Waals surface area contributed by atoms with Crippen molar-refractivity contribution in [3.8, 4) is 0 Å². The van der Waals surface area contributed by atoms with Gasteiger partial charge in [-0.25, -0.2) is 4.98 Å². The molecule has 1 aromatic heterocycles. The van der Waals surface area contributed by atoms with Crippen LogP contribution in [0.1, 0.15) is 33.6 Å². The minimum absolute atomic E-state index is 0.0923. The molecule has 0 bridgehead atoms. The zero-order valence-corrected chi connectivity index (χ0v) is 11.6. The smallest absolute Gasteiger partial charge is 0.329 e. The fraction of sp³-hybridized carbons (Fsp3) is 0.667. The Labute approximate surface area is 113 Å². The van der Waals surface area contributed by atoms with Gasteiger partial charge in [-0.15, -0.1) is 0 Å². The molecule has 0 amide bonds. The Morgan fingerprint density at radius 1 is 1.42 bits per heavy atom. The summed E-state index contributed by atoms with van der Waals surface area (Å²) in [6, 6.07) is 0. The lowest BCUT2D eigenvalue weighted by molar-refractivity contribution is -0.384. The van der Waals surface area contributed by atoms with Crippen LogP contribution in [0.4, 0.5) is 17.5 Å². The summed E-state index contributed by atoms with van der Waals surface area (Å²) in [5, 5.41) is 17.0. The Kier molecular flexibility index (Phi) is 5.98. The summed E-state index contributed by atoms with van der Waals surface area (Å²) in [7, 11) is 0. The Morgan fingerprint density at radius 2 is 2.16 bits per heavy atom. The second-order valence-electron chi connectivity index (χ2n) is 4.51. The summed E-state index contributed by atoms with van der Waals surface area (Å²) in [4.78, 5) is 18.6. The number of anilines is 2.